The summed E-state index contributed by atoms with van der Waals surface area (Å²) in [6.45, 7) is 0. The summed E-state index contributed by atoms with van der Waals surface area (Å²) in [6, 6.07) is 0. The maximum atomic E-state index is 6.00. The summed E-state index contributed by atoms with van der Waals surface area (Å²) in [5.41, 5.74) is 9.00. The van der Waals surface area contributed by atoms with Gasteiger partial charge in [0, 0.05) is 0 Å². The molecule has 0 aromatic carbocycles. The van der Waals surface area contributed by atoms with Crippen molar-refractivity contribution in [1.29, 1.82) is 0 Å². The lowest BCUT2D eigenvalue weighted by molar-refractivity contribution is -0.176. The van der Waals surface area contributed by atoms with Crippen molar-refractivity contribution in [3.63, 3.8) is 0 Å². The highest BCUT2D eigenvalue weighted by molar-refractivity contribution is 3.54. The Kier molecular flexibility index (Phi) is 7880. The van der Waals surface area contributed by atoms with Gasteiger partial charge in [-0.25, -0.2) is 0 Å². The molecular formula is C2H12N2O2. The van der Waals surface area contributed by atoms with Gasteiger partial charge in [0.25, 0.3) is 0 Å². The second-order valence-corrected chi connectivity index (χ2v) is 0. The van der Waals surface area contributed by atoms with Crippen molar-refractivity contribution in [3.05, 3.63) is 0 Å². The minimum atomic E-state index is 1.50. The summed E-state index contributed by atoms with van der Waals surface area (Å²) in [5, 5.41) is 12.0. The van der Waals surface area contributed by atoms with Crippen LogP contribution in [-0.2, 0) is 0 Å². The second kappa shape index (κ2) is 2790. The lowest BCUT2D eigenvalue weighted by Gasteiger charge is -1.25. The third-order valence-electron chi connectivity index (χ3n) is 0. The van der Waals surface area contributed by atoms with E-state index in [0.29, 0.717) is 0 Å². The maximum Gasteiger partial charge on any atom is -0.0195 e. The first-order valence-corrected chi connectivity index (χ1v) is 1.35. The zero-order chi connectivity index (χ0) is 6.00. The largest absolute Gasteiger partial charge is 0.333 e. The van der Waals surface area contributed by atoms with Gasteiger partial charge in [0.2, 0.25) is 0 Å². The van der Waals surface area contributed by atoms with Crippen LogP contribution in [0.3, 0.4) is 0 Å². The highest BCUT2D eigenvalue weighted by Crippen LogP contribution is 0.711. The van der Waals surface area contributed by atoms with Gasteiger partial charge in [0.1, 0.15) is 0 Å². The van der Waals surface area contributed by atoms with Gasteiger partial charge in [-0.15, -0.1) is 0 Å². The van der Waals surface area contributed by atoms with Crippen LogP contribution in [0.25, 0.3) is 0 Å². The first-order chi connectivity index (χ1) is 3.00. The van der Waals surface area contributed by atoms with Crippen LogP contribution in [0.1, 0.15) is 0 Å². The van der Waals surface area contributed by atoms with E-state index in [0.717, 1.165) is 0 Å². The third-order valence-corrected chi connectivity index (χ3v) is 0. The summed E-state index contributed by atoms with van der Waals surface area (Å²) >= 11 is 0. The highest BCUT2D eigenvalue weighted by Gasteiger charge is 0.838. The van der Waals surface area contributed by atoms with Crippen LogP contribution in [0, 0.1) is 0 Å². The smallest absolute Gasteiger partial charge is 0.0195 e. The number of rotatable bonds is 0. The highest BCUT2D eigenvalue weighted by atomic mass is 17.0. The van der Waals surface area contributed by atoms with Gasteiger partial charge in [-0.1, -0.05) is 0 Å². The normalized spacial score (nSPS) is 3.00. The fraction of sp³-hybridized carbons (Fsp3) is 1.00. The van der Waals surface area contributed by atoms with Crippen molar-refractivity contribution in [1.82, 2.24) is 0 Å². The van der Waals surface area contributed by atoms with Crippen LogP contribution in [-0.4, -0.2) is 24.6 Å². The topological polar surface area (TPSA) is 92.5 Å². The van der Waals surface area contributed by atoms with Gasteiger partial charge in [-0.3, -0.25) is 10.5 Å². The van der Waals surface area contributed by atoms with E-state index in [1.165, 1.54) is 14.1 Å². The number of nitrogens with two attached hydrogens (primary N) is 2. The van der Waals surface area contributed by atoms with Crippen LogP contribution in [0.4, 0.5) is 0 Å². The summed E-state index contributed by atoms with van der Waals surface area (Å²) in [6.07, 6.45) is 0. The van der Waals surface area contributed by atoms with E-state index < -0.39 is 0 Å². The Bertz CT molecular complexity index is 9.51. The lowest BCUT2D eigenvalue weighted by atomic mass is 11.6. The first-order valence-electron chi connectivity index (χ1n) is 1.35. The van der Waals surface area contributed by atoms with Gasteiger partial charge in [-0.05, 0) is 14.1 Å². The lowest BCUT2D eigenvalue weighted by Crippen LogP contribution is -1.69. The average molecular weight is 96.1 g/mol. The predicted molar refractivity (Wildman–Crippen MR) is 25.5 cm³/mol. The minimum absolute atomic E-state index is 1.50. The van der Waals surface area contributed by atoms with Crippen molar-refractivity contribution >= 4 is 0 Å². The zero-order valence-electron chi connectivity index (χ0n) is 4.05. The van der Waals surface area contributed by atoms with Gasteiger partial charge in [-0.2, -0.15) is 0 Å². The van der Waals surface area contributed by atoms with Crippen LogP contribution in [0.5, 0.6) is 0 Å². The van der Waals surface area contributed by atoms with Gasteiger partial charge in [0.05, 0.1) is 0 Å². The molecule has 0 spiro atoms. The number of hydrogen-bond acceptors (Lipinski definition) is 4. The number of hydrogen-bond donors (Lipinski definition) is 4. The molecule has 0 aliphatic heterocycles. The fourth-order valence-corrected chi connectivity index (χ4v) is 0. The predicted octanol–water partition coefficient (Wildman–Crippen LogP) is -0.833. The quantitative estimate of drug-likeness (QED) is 0.234. The van der Waals surface area contributed by atoms with Crippen molar-refractivity contribution < 1.29 is 10.5 Å². The van der Waals surface area contributed by atoms with Gasteiger partial charge >= 0.3 is 0 Å². The molecule has 0 radical (unpaired) electrons. The summed E-state index contributed by atoms with van der Waals surface area (Å²) in [7, 11) is 3.00. The molecule has 4 heteroatoms. The van der Waals surface area contributed by atoms with Crippen LogP contribution in [0.15, 0.2) is 0 Å². The maximum absolute atomic E-state index is 6.00. The van der Waals surface area contributed by atoms with E-state index in [4.69, 9.17) is 10.5 Å². The molecule has 0 heterocycles. The average Bonchev–Trinajstić information content (AvgIpc) is 1.81. The molecule has 0 fully saturated rings. The van der Waals surface area contributed by atoms with Gasteiger partial charge in [0.15, 0.2) is 0 Å². The standard InChI is InChI=1S/2CH5N.H2O2/c3*1-2/h2*2H2,1H3;1-2H. The third kappa shape index (κ3) is 1210. The molecule has 0 atom stereocenters. The van der Waals surface area contributed by atoms with Crippen molar-refractivity contribution in [2.75, 3.05) is 14.1 Å². The molecule has 0 aliphatic rings. The molecule has 0 aromatic rings. The Labute approximate surface area is 37.3 Å². The first kappa shape index (κ1) is 17.0. The van der Waals surface area contributed by atoms with Crippen LogP contribution in [0.2, 0.25) is 0 Å². The minimum Gasteiger partial charge on any atom is -0.333 e. The van der Waals surface area contributed by atoms with E-state index in [1.807, 2.05) is 0 Å². The SMILES string of the molecule is CN.CN.OO. The molecule has 0 saturated heterocycles. The van der Waals surface area contributed by atoms with Crippen molar-refractivity contribution in [2.24, 2.45) is 11.5 Å². The molecule has 42 valence electrons. The van der Waals surface area contributed by atoms with E-state index in [9.17, 15) is 0 Å². The second-order valence-electron chi connectivity index (χ2n) is 0. The summed E-state index contributed by atoms with van der Waals surface area (Å²) < 4.78 is 0. The molecule has 6 heavy (non-hydrogen) atoms. The molecule has 0 unspecified atom stereocenters. The molecule has 0 rings (SSSR count). The monoisotopic (exact) mass is 96.1 g/mol. The van der Waals surface area contributed by atoms with Crippen molar-refractivity contribution in [2.45, 2.75) is 0 Å². The van der Waals surface area contributed by atoms with E-state index >= 15 is 0 Å². The van der Waals surface area contributed by atoms with Crippen LogP contribution >= 0.6 is 0 Å². The molecule has 6 N–H and O–H groups in total. The van der Waals surface area contributed by atoms with E-state index in [2.05, 4.69) is 11.5 Å². The Morgan fingerprint density at radius 2 is 0.833 bits per heavy atom. The molecule has 0 aromatic heterocycles. The molecule has 0 saturated carbocycles. The summed E-state index contributed by atoms with van der Waals surface area (Å²) in [5.74, 6) is 0. The molecule has 0 aliphatic carbocycles. The molecule has 0 amide bonds. The van der Waals surface area contributed by atoms with E-state index in [-0.39, 0.29) is 0 Å². The Hall–Kier alpha value is -0.160. The zero-order valence-corrected chi connectivity index (χ0v) is 4.05. The van der Waals surface area contributed by atoms with E-state index in [1.54, 1.807) is 0 Å². The van der Waals surface area contributed by atoms with Crippen molar-refractivity contribution in [3.8, 4) is 0 Å². The summed E-state index contributed by atoms with van der Waals surface area (Å²) in [4.78, 5) is 0. The Morgan fingerprint density at radius 1 is 0.833 bits per heavy atom. The molecule has 4 nitrogen and oxygen atoms in total. The Morgan fingerprint density at radius 3 is 0.833 bits per heavy atom. The van der Waals surface area contributed by atoms with Crippen LogP contribution < -0.4 is 11.5 Å². The fourth-order valence-electron chi connectivity index (χ4n) is 0. The molecule has 0 bridgehead atoms. The van der Waals surface area contributed by atoms with Gasteiger partial charge < -0.3 is 11.5 Å². The molecular weight excluding hydrogens is 84.0 g/mol. The Balaban J connectivity index is -0.0000000225.